The number of likely N-dealkylation sites (N-methyl/N-ethyl adjacent to an activating group) is 1. The molecule has 22 heavy (non-hydrogen) atoms. The van der Waals surface area contributed by atoms with Crippen LogP contribution in [0.25, 0.3) is 0 Å². The summed E-state index contributed by atoms with van der Waals surface area (Å²) >= 11 is 11.1. The minimum Gasteiger partial charge on any atom is -0.370 e. The van der Waals surface area contributed by atoms with Crippen molar-refractivity contribution in [1.82, 2.24) is 4.90 Å². The molecular formula is C17H19Cl2NO2. The van der Waals surface area contributed by atoms with E-state index in [1.165, 1.54) is 0 Å². The van der Waals surface area contributed by atoms with E-state index in [1.54, 1.807) is 11.9 Å². The van der Waals surface area contributed by atoms with Crippen molar-refractivity contribution in [1.29, 1.82) is 0 Å². The molecule has 1 heterocycles. The maximum absolute atomic E-state index is 10.6. The molecule has 2 aromatic carbocycles. The van der Waals surface area contributed by atoms with Crippen LogP contribution in [0.4, 0.5) is 0 Å². The number of rotatable bonds is 0. The molecular weight excluding hydrogens is 321 g/mol. The van der Waals surface area contributed by atoms with Crippen molar-refractivity contribution in [3.05, 3.63) is 70.7 Å². The van der Waals surface area contributed by atoms with Crippen LogP contribution in [0.15, 0.2) is 60.7 Å². The summed E-state index contributed by atoms with van der Waals surface area (Å²) in [5, 5.41) is 1.59. The number of amides is 1. The molecule has 2 aromatic rings. The molecule has 0 atom stereocenters. The summed E-state index contributed by atoms with van der Waals surface area (Å²) in [5.41, 5.74) is 0. The SMILES string of the molecule is CN1CCOCC1=O.Clc1ccccc1.Clc1ccccc1. The van der Waals surface area contributed by atoms with Gasteiger partial charge in [0.15, 0.2) is 0 Å². The van der Waals surface area contributed by atoms with Gasteiger partial charge < -0.3 is 9.64 Å². The fraction of sp³-hybridized carbons (Fsp3) is 0.235. The molecule has 1 saturated heterocycles. The van der Waals surface area contributed by atoms with Gasteiger partial charge in [-0.3, -0.25) is 4.79 Å². The van der Waals surface area contributed by atoms with Crippen molar-refractivity contribution in [3.8, 4) is 0 Å². The van der Waals surface area contributed by atoms with Gasteiger partial charge >= 0.3 is 0 Å². The summed E-state index contributed by atoms with van der Waals surface area (Å²) in [6.07, 6.45) is 0. The maximum Gasteiger partial charge on any atom is 0.248 e. The largest absolute Gasteiger partial charge is 0.370 e. The van der Waals surface area contributed by atoms with Crippen LogP contribution in [0.3, 0.4) is 0 Å². The van der Waals surface area contributed by atoms with E-state index in [-0.39, 0.29) is 12.5 Å². The van der Waals surface area contributed by atoms with Crippen LogP contribution in [0, 0.1) is 0 Å². The van der Waals surface area contributed by atoms with Crippen LogP contribution in [-0.2, 0) is 9.53 Å². The number of nitrogens with zero attached hydrogens (tertiary/aromatic N) is 1. The Morgan fingerprint density at radius 1 is 0.909 bits per heavy atom. The normalized spacial score (nSPS) is 13.4. The monoisotopic (exact) mass is 339 g/mol. The third-order valence-electron chi connectivity index (χ3n) is 2.69. The standard InChI is InChI=1S/2C6H5Cl.C5H9NO2/c2*7-6-4-2-1-3-5-6;1-6-2-3-8-4-5(6)7/h2*1-5H;2-4H2,1H3. The molecule has 1 aliphatic heterocycles. The molecule has 0 radical (unpaired) electrons. The van der Waals surface area contributed by atoms with E-state index < -0.39 is 0 Å². The zero-order valence-electron chi connectivity index (χ0n) is 12.4. The van der Waals surface area contributed by atoms with Gasteiger partial charge in [-0.2, -0.15) is 0 Å². The second-order valence-corrected chi connectivity index (χ2v) is 5.33. The molecule has 0 N–H and O–H groups in total. The Hall–Kier alpha value is -1.55. The Morgan fingerprint density at radius 3 is 1.59 bits per heavy atom. The molecule has 0 saturated carbocycles. The van der Waals surface area contributed by atoms with E-state index in [2.05, 4.69) is 0 Å². The van der Waals surface area contributed by atoms with Gasteiger partial charge in [0.1, 0.15) is 6.61 Å². The molecule has 0 bridgehead atoms. The molecule has 3 nitrogen and oxygen atoms in total. The van der Waals surface area contributed by atoms with Crippen molar-refractivity contribution >= 4 is 29.1 Å². The molecule has 3 rings (SSSR count). The molecule has 0 aliphatic carbocycles. The average Bonchev–Trinajstić information content (AvgIpc) is 2.53. The number of benzene rings is 2. The third kappa shape index (κ3) is 8.67. The second-order valence-electron chi connectivity index (χ2n) is 4.46. The predicted octanol–water partition coefficient (Wildman–Crippen LogP) is 4.16. The zero-order chi connectivity index (χ0) is 16.2. The summed E-state index contributed by atoms with van der Waals surface area (Å²) in [7, 11) is 1.78. The van der Waals surface area contributed by atoms with Crippen LogP contribution in [0.2, 0.25) is 10.0 Å². The number of halogens is 2. The maximum atomic E-state index is 10.6. The van der Waals surface area contributed by atoms with Crippen molar-refractivity contribution in [2.24, 2.45) is 0 Å². The third-order valence-corrected chi connectivity index (χ3v) is 3.19. The number of carbonyl (C=O) groups is 1. The lowest BCUT2D eigenvalue weighted by Gasteiger charge is -2.21. The second kappa shape index (κ2) is 11.1. The number of morpholine rings is 1. The Kier molecular flexibility index (Phi) is 9.31. The lowest BCUT2D eigenvalue weighted by molar-refractivity contribution is -0.140. The first-order valence-corrected chi connectivity index (χ1v) is 7.58. The molecule has 0 aromatic heterocycles. The topological polar surface area (TPSA) is 29.5 Å². The highest BCUT2D eigenvalue weighted by Crippen LogP contribution is 2.04. The van der Waals surface area contributed by atoms with Crippen LogP contribution >= 0.6 is 23.2 Å². The van der Waals surface area contributed by atoms with E-state index in [0.717, 1.165) is 16.6 Å². The Balaban J connectivity index is 0.000000166. The lowest BCUT2D eigenvalue weighted by atomic mass is 10.4. The average molecular weight is 340 g/mol. The molecule has 0 spiro atoms. The fourth-order valence-corrected chi connectivity index (χ4v) is 1.72. The molecule has 5 heteroatoms. The summed E-state index contributed by atoms with van der Waals surface area (Å²) in [6.45, 7) is 1.68. The zero-order valence-corrected chi connectivity index (χ0v) is 13.9. The molecule has 0 unspecified atom stereocenters. The quantitative estimate of drug-likeness (QED) is 0.721. The number of hydrogen-bond donors (Lipinski definition) is 0. The Labute approximate surface area is 141 Å². The van der Waals surface area contributed by atoms with E-state index in [1.807, 2.05) is 60.7 Å². The van der Waals surface area contributed by atoms with Crippen LogP contribution in [-0.4, -0.2) is 37.6 Å². The molecule has 1 amide bonds. The van der Waals surface area contributed by atoms with Gasteiger partial charge in [0.2, 0.25) is 5.91 Å². The number of carbonyl (C=O) groups excluding carboxylic acids is 1. The summed E-state index contributed by atoms with van der Waals surface area (Å²) in [4.78, 5) is 12.3. The Bertz CT molecular complexity index is 497. The summed E-state index contributed by atoms with van der Waals surface area (Å²) in [6, 6.07) is 18.9. The van der Waals surface area contributed by atoms with Crippen LogP contribution < -0.4 is 0 Å². The summed E-state index contributed by atoms with van der Waals surface area (Å²) < 4.78 is 4.86. The van der Waals surface area contributed by atoms with Crippen LogP contribution in [0.5, 0.6) is 0 Å². The van der Waals surface area contributed by atoms with E-state index >= 15 is 0 Å². The molecule has 1 fully saturated rings. The van der Waals surface area contributed by atoms with Gasteiger partial charge in [-0.15, -0.1) is 0 Å². The van der Waals surface area contributed by atoms with E-state index in [4.69, 9.17) is 27.9 Å². The summed E-state index contributed by atoms with van der Waals surface area (Å²) in [5.74, 6) is 0.0799. The minimum atomic E-state index is 0.0799. The first-order chi connectivity index (χ1) is 10.6. The lowest BCUT2D eigenvalue weighted by Crippen LogP contribution is -2.38. The van der Waals surface area contributed by atoms with Gasteiger partial charge in [-0.05, 0) is 24.3 Å². The fourth-order valence-electron chi connectivity index (χ4n) is 1.43. The smallest absolute Gasteiger partial charge is 0.248 e. The first-order valence-electron chi connectivity index (χ1n) is 6.82. The number of ether oxygens (including phenoxy) is 1. The number of hydrogen-bond acceptors (Lipinski definition) is 2. The predicted molar refractivity (Wildman–Crippen MR) is 91.4 cm³/mol. The van der Waals surface area contributed by atoms with Gasteiger partial charge in [0, 0.05) is 23.6 Å². The highest BCUT2D eigenvalue weighted by atomic mass is 35.5. The van der Waals surface area contributed by atoms with Gasteiger partial charge in [-0.1, -0.05) is 59.6 Å². The highest BCUT2D eigenvalue weighted by Gasteiger charge is 2.12. The van der Waals surface area contributed by atoms with Crippen molar-refractivity contribution in [2.75, 3.05) is 26.8 Å². The van der Waals surface area contributed by atoms with Crippen molar-refractivity contribution < 1.29 is 9.53 Å². The van der Waals surface area contributed by atoms with Gasteiger partial charge in [-0.25, -0.2) is 0 Å². The van der Waals surface area contributed by atoms with Gasteiger partial charge in [0.25, 0.3) is 0 Å². The van der Waals surface area contributed by atoms with Crippen molar-refractivity contribution in [3.63, 3.8) is 0 Å². The minimum absolute atomic E-state index is 0.0799. The van der Waals surface area contributed by atoms with Gasteiger partial charge in [0.05, 0.1) is 6.61 Å². The van der Waals surface area contributed by atoms with E-state index in [0.29, 0.717) is 6.61 Å². The Morgan fingerprint density at radius 2 is 1.36 bits per heavy atom. The van der Waals surface area contributed by atoms with Crippen LogP contribution in [0.1, 0.15) is 0 Å². The van der Waals surface area contributed by atoms with Crippen molar-refractivity contribution in [2.45, 2.75) is 0 Å². The highest BCUT2D eigenvalue weighted by molar-refractivity contribution is 6.30. The first kappa shape index (κ1) is 18.5. The van der Waals surface area contributed by atoms with E-state index in [9.17, 15) is 4.79 Å². The molecule has 118 valence electrons. The molecule has 1 aliphatic rings.